The Morgan fingerprint density at radius 2 is 2.32 bits per heavy atom. The van der Waals surface area contributed by atoms with E-state index in [9.17, 15) is 4.79 Å². The number of likely N-dealkylation sites (tertiary alicyclic amines) is 1. The quantitative estimate of drug-likeness (QED) is 0.901. The second-order valence-corrected chi connectivity index (χ2v) is 6.88. The molecule has 0 aliphatic carbocycles. The minimum atomic E-state index is 0.101. The molecule has 2 aliphatic heterocycles. The van der Waals surface area contributed by atoms with Gasteiger partial charge in [0.15, 0.2) is 0 Å². The molecule has 1 atom stereocenters. The fourth-order valence-corrected chi connectivity index (χ4v) is 3.87. The van der Waals surface area contributed by atoms with Gasteiger partial charge in [0.05, 0.1) is 10.7 Å². The molecule has 19 heavy (non-hydrogen) atoms. The number of carbonyl (C=O) groups is 1. The zero-order valence-electron chi connectivity index (χ0n) is 11.4. The van der Waals surface area contributed by atoms with Gasteiger partial charge in [-0.2, -0.15) is 0 Å². The fraction of sp³-hybridized carbons (Fsp3) is 0.714. The summed E-state index contributed by atoms with van der Waals surface area (Å²) in [4.78, 5) is 18.5. The molecule has 1 aromatic heterocycles. The van der Waals surface area contributed by atoms with Gasteiger partial charge in [-0.15, -0.1) is 11.3 Å². The third kappa shape index (κ3) is 2.98. The monoisotopic (exact) mass is 279 g/mol. The number of hydrogen-bond acceptors (Lipinski definition) is 4. The second kappa shape index (κ2) is 5.21. The van der Waals surface area contributed by atoms with E-state index in [0.717, 1.165) is 43.9 Å². The summed E-state index contributed by atoms with van der Waals surface area (Å²) in [5.74, 6) is 0.239. The minimum Gasteiger partial charge on any atom is -0.351 e. The third-order valence-corrected chi connectivity index (χ3v) is 5.15. The average Bonchev–Trinajstić information content (AvgIpc) is 2.87. The Bertz CT molecular complexity index is 473. The topological polar surface area (TPSA) is 45.2 Å². The number of rotatable bonds is 2. The number of aromatic nitrogens is 1. The summed E-state index contributed by atoms with van der Waals surface area (Å²) in [7, 11) is 0. The van der Waals surface area contributed by atoms with E-state index in [0.29, 0.717) is 6.42 Å². The first-order valence-electron chi connectivity index (χ1n) is 7.10. The van der Waals surface area contributed by atoms with Crippen molar-refractivity contribution < 1.29 is 4.79 Å². The van der Waals surface area contributed by atoms with Crippen LogP contribution in [-0.4, -0.2) is 34.4 Å². The van der Waals surface area contributed by atoms with E-state index < -0.39 is 0 Å². The highest BCUT2D eigenvalue weighted by Crippen LogP contribution is 2.31. The van der Waals surface area contributed by atoms with Crippen LogP contribution < -0.4 is 5.32 Å². The van der Waals surface area contributed by atoms with E-state index in [2.05, 4.69) is 27.5 Å². The van der Waals surface area contributed by atoms with Crippen LogP contribution >= 0.6 is 11.3 Å². The van der Waals surface area contributed by atoms with Crippen molar-refractivity contribution in [1.29, 1.82) is 0 Å². The van der Waals surface area contributed by atoms with Gasteiger partial charge < -0.3 is 5.32 Å². The lowest BCUT2D eigenvalue weighted by Crippen LogP contribution is -2.42. The summed E-state index contributed by atoms with van der Waals surface area (Å²) in [6.07, 6.45) is 5.12. The van der Waals surface area contributed by atoms with Crippen LogP contribution in [0.4, 0.5) is 0 Å². The number of carbonyl (C=O) groups excluding carboxylic acids is 1. The van der Waals surface area contributed by atoms with Crippen LogP contribution in [0, 0.1) is 6.92 Å². The molecule has 5 heteroatoms. The van der Waals surface area contributed by atoms with Gasteiger partial charge >= 0.3 is 0 Å². The average molecular weight is 279 g/mol. The van der Waals surface area contributed by atoms with Gasteiger partial charge in [-0.25, -0.2) is 4.98 Å². The molecule has 1 spiro atoms. The number of amides is 1. The molecular formula is C14H21N3OS. The first kappa shape index (κ1) is 13.1. The maximum atomic E-state index is 11.5. The maximum absolute atomic E-state index is 11.5. The number of thiazole rings is 1. The molecule has 0 unspecified atom stereocenters. The summed E-state index contributed by atoms with van der Waals surface area (Å²) >= 11 is 1.72. The van der Waals surface area contributed by atoms with E-state index >= 15 is 0 Å². The summed E-state index contributed by atoms with van der Waals surface area (Å²) < 4.78 is 0. The molecule has 2 saturated heterocycles. The summed E-state index contributed by atoms with van der Waals surface area (Å²) in [6, 6.07) is 0. The van der Waals surface area contributed by atoms with Crippen molar-refractivity contribution >= 4 is 17.2 Å². The Morgan fingerprint density at radius 3 is 3.00 bits per heavy atom. The minimum absolute atomic E-state index is 0.101. The normalized spacial score (nSPS) is 28.6. The summed E-state index contributed by atoms with van der Waals surface area (Å²) in [6.45, 7) is 5.19. The molecule has 0 bridgehead atoms. The van der Waals surface area contributed by atoms with E-state index in [1.54, 1.807) is 11.3 Å². The number of hydrogen-bond donors (Lipinski definition) is 1. The van der Waals surface area contributed by atoms with Gasteiger partial charge in [-0.1, -0.05) is 0 Å². The summed E-state index contributed by atoms with van der Waals surface area (Å²) in [5.41, 5.74) is 1.29. The Labute approximate surface area is 118 Å². The van der Waals surface area contributed by atoms with Crippen LogP contribution in [0.2, 0.25) is 0 Å². The van der Waals surface area contributed by atoms with Crippen LogP contribution in [0.25, 0.3) is 0 Å². The molecular weight excluding hydrogens is 258 g/mol. The lowest BCUT2D eigenvalue weighted by molar-refractivity contribution is -0.119. The predicted molar refractivity (Wildman–Crippen MR) is 76.1 cm³/mol. The first-order valence-corrected chi connectivity index (χ1v) is 7.98. The Morgan fingerprint density at radius 1 is 1.42 bits per heavy atom. The molecule has 3 rings (SSSR count). The Hall–Kier alpha value is -0.940. The molecule has 1 N–H and O–H groups in total. The lowest BCUT2D eigenvalue weighted by atomic mass is 9.89. The molecule has 104 valence electrons. The fourth-order valence-electron chi connectivity index (χ4n) is 3.27. The van der Waals surface area contributed by atoms with Crippen LogP contribution in [-0.2, 0) is 11.3 Å². The molecule has 0 radical (unpaired) electrons. The van der Waals surface area contributed by atoms with Gasteiger partial charge in [-0.05, 0) is 39.2 Å². The zero-order chi connectivity index (χ0) is 13.3. The van der Waals surface area contributed by atoms with Crippen LogP contribution in [0.5, 0.6) is 0 Å². The molecule has 0 aromatic carbocycles. The zero-order valence-corrected chi connectivity index (χ0v) is 12.3. The molecule has 2 fully saturated rings. The molecule has 1 aromatic rings. The molecule has 3 heterocycles. The van der Waals surface area contributed by atoms with Gasteiger partial charge in [0.2, 0.25) is 5.91 Å². The number of nitrogens with one attached hydrogen (secondary N) is 1. The highest BCUT2D eigenvalue weighted by Gasteiger charge is 2.38. The molecule has 2 aliphatic rings. The van der Waals surface area contributed by atoms with E-state index in [-0.39, 0.29) is 11.4 Å². The highest BCUT2D eigenvalue weighted by molar-refractivity contribution is 7.09. The summed E-state index contributed by atoms with van der Waals surface area (Å²) in [5, 5.41) is 6.52. The van der Waals surface area contributed by atoms with Gasteiger partial charge in [0, 0.05) is 30.4 Å². The largest absolute Gasteiger partial charge is 0.351 e. The van der Waals surface area contributed by atoms with E-state index in [4.69, 9.17) is 0 Å². The Kier molecular flexibility index (Phi) is 3.58. The van der Waals surface area contributed by atoms with Gasteiger partial charge in [0.25, 0.3) is 0 Å². The van der Waals surface area contributed by atoms with E-state index in [1.807, 2.05) is 0 Å². The first-order chi connectivity index (χ1) is 9.15. The van der Waals surface area contributed by atoms with E-state index in [1.165, 1.54) is 12.1 Å². The molecule has 4 nitrogen and oxygen atoms in total. The van der Waals surface area contributed by atoms with Crippen molar-refractivity contribution in [3.05, 3.63) is 16.1 Å². The van der Waals surface area contributed by atoms with Crippen molar-refractivity contribution in [2.24, 2.45) is 0 Å². The van der Waals surface area contributed by atoms with Crippen LogP contribution in [0.15, 0.2) is 5.38 Å². The maximum Gasteiger partial charge on any atom is 0.220 e. The SMILES string of the molecule is Cc1nc(CN2CCC[C@@]3(CCC(=O)N3)CC2)cs1. The van der Waals surface area contributed by atoms with Crippen molar-refractivity contribution in [3.63, 3.8) is 0 Å². The highest BCUT2D eigenvalue weighted by atomic mass is 32.1. The van der Waals surface area contributed by atoms with Crippen molar-refractivity contribution in [1.82, 2.24) is 15.2 Å². The van der Waals surface area contributed by atoms with Crippen molar-refractivity contribution in [2.75, 3.05) is 13.1 Å². The second-order valence-electron chi connectivity index (χ2n) is 5.82. The number of nitrogens with zero attached hydrogens (tertiary/aromatic N) is 2. The predicted octanol–water partition coefficient (Wildman–Crippen LogP) is 2.09. The smallest absolute Gasteiger partial charge is 0.220 e. The van der Waals surface area contributed by atoms with Crippen LogP contribution in [0.1, 0.15) is 42.8 Å². The van der Waals surface area contributed by atoms with Gasteiger partial charge in [-0.3, -0.25) is 9.69 Å². The third-order valence-electron chi connectivity index (χ3n) is 4.32. The molecule has 1 amide bonds. The van der Waals surface area contributed by atoms with Crippen molar-refractivity contribution in [2.45, 2.75) is 51.1 Å². The van der Waals surface area contributed by atoms with Gasteiger partial charge in [0.1, 0.15) is 0 Å². The Balaban J connectivity index is 1.60. The van der Waals surface area contributed by atoms with Crippen molar-refractivity contribution in [3.8, 4) is 0 Å². The number of aryl methyl sites for hydroxylation is 1. The van der Waals surface area contributed by atoms with Crippen LogP contribution in [0.3, 0.4) is 0 Å². The molecule has 0 saturated carbocycles. The standard InChI is InChI=1S/C14H21N3OS/c1-11-15-12(10-19-11)9-17-7-2-4-14(6-8-17)5-3-13(18)16-14/h10H,2-9H2,1H3,(H,16,18)/t14-/m1/s1. The lowest BCUT2D eigenvalue weighted by Gasteiger charge is -2.27.